The number of hydrogen-bond acceptors (Lipinski definition) is 18. The summed E-state index contributed by atoms with van der Waals surface area (Å²) in [6.45, 7) is 28.0. The summed E-state index contributed by atoms with van der Waals surface area (Å²) in [5.74, 6) is 2.06. The van der Waals surface area contributed by atoms with Crippen LogP contribution in [0.5, 0.6) is 0 Å². The van der Waals surface area contributed by atoms with Gasteiger partial charge in [0.25, 0.3) is 0 Å². The molecule has 18 nitrogen and oxygen atoms in total. The highest BCUT2D eigenvalue weighted by molar-refractivity contribution is 5.13. The first-order valence-electron chi connectivity index (χ1n) is 31.9. The Balaban J connectivity index is 0.633. The summed E-state index contributed by atoms with van der Waals surface area (Å²) in [5, 5.41) is 10.2. The predicted octanol–water partition coefficient (Wildman–Crippen LogP) is 8.55. The average molecular weight is 1120 g/mol. The number of aliphatic hydroxyl groups excluding tert-OH is 1. The minimum absolute atomic E-state index is 0.00543. The number of nitrogens with zero attached hydrogens (tertiary/aromatic N) is 2. The monoisotopic (exact) mass is 1120 g/mol. The number of hydrogen-bond donors (Lipinski definition) is 1. The number of fused-ring (bicyclic) bond motifs is 6. The molecule has 6 bridgehead atoms. The van der Waals surface area contributed by atoms with Crippen LogP contribution in [0.1, 0.15) is 159 Å². The molecule has 3 aliphatic carbocycles. The molecule has 18 heteroatoms. The van der Waals surface area contributed by atoms with Crippen LogP contribution in [0.2, 0.25) is 0 Å². The molecular formula is C61H102N2O16. The first-order valence-corrected chi connectivity index (χ1v) is 31.9. The van der Waals surface area contributed by atoms with Gasteiger partial charge in [-0.1, -0.05) is 41.5 Å². The van der Waals surface area contributed by atoms with Gasteiger partial charge in [0, 0.05) is 96.1 Å². The van der Waals surface area contributed by atoms with Crippen molar-refractivity contribution in [2.45, 2.75) is 230 Å². The van der Waals surface area contributed by atoms with E-state index in [0.29, 0.717) is 106 Å². The lowest BCUT2D eigenvalue weighted by Gasteiger charge is -2.60. The largest absolute Gasteiger partial charge is 0.395 e. The summed E-state index contributed by atoms with van der Waals surface area (Å²) in [4.78, 5) is 42.1. The Labute approximate surface area is 471 Å². The summed E-state index contributed by atoms with van der Waals surface area (Å²) in [6.07, 6.45) is 13.4. The first-order chi connectivity index (χ1) is 38.0. The van der Waals surface area contributed by atoms with E-state index in [4.69, 9.17) is 72.0 Å². The van der Waals surface area contributed by atoms with Crippen LogP contribution in [0.3, 0.4) is 0 Å². The third kappa shape index (κ3) is 10.7. The van der Waals surface area contributed by atoms with Crippen LogP contribution in [0, 0.1) is 71.0 Å². The number of rotatable bonds is 23. The molecule has 79 heavy (non-hydrogen) atoms. The molecule has 15 rings (SSSR count). The highest BCUT2D eigenvalue weighted by Crippen LogP contribution is 2.64. The maximum absolute atomic E-state index is 10.2. The highest BCUT2D eigenvalue weighted by atomic mass is 17.3. The fourth-order valence-electron chi connectivity index (χ4n) is 18.5. The molecule has 0 radical (unpaired) electrons. The Bertz CT molecular complexity index is 1960. The first kappa shape index (κ1) is 58.7. The van der Waals surface area contributed by atoms with Gasteiger partial charge in [0.2, 0.25) is 17.4 Å². The molecule has 12 aliphatic heterocycles. The van der Waals surface area contributed by atoms with Crippen LogP contribution in [0.15, 0.2) is 0 Å². The smallest absolute Gasteiger partial charge is 0.201 e. The van der Waals surface area contributed by atoms with E-state index >= 15 is 0 Å². The van der Waals surface area contributed by atoms with Crippen molar-refractivity contribution >= 4 is 0 Å². The molecule has 3 spiro atoms. The van der Waals surface area contributed by atoms with Gasteiger partial charge < -0.3 is 47.7 Å². The summed E-state index contributed by atoms with van der Waals surface area (Å²) in [6, 6.07) is 0. The van der Waals surface area contributed by atoms with Crippen LogP contribution in [0.25, 0.3) is 0 Å². The molecule has 24 atom stereocenters. The number of aliphatic hydroxyl groups is 1. The molecule has 6 unspecified atom stereocenters. The Morgan fingerprint density at radius 1 is 0.380 bits per heavy atom. The van der Waals surface area contributed by atoms with Gasteiger partial charge in [-0.3, -0.25) is 9.80 Å². The third-order valence-corrected chi connectivity index (χ3v) is 23.3. The Kier molecular flexibility index (Phi) is 17.5. The van der Waals surface area contributed by atoms with Crippen LogP contribution in [0.4, 0.5) is 0 Å². The SMILES string of the molecule is C[C@@H]1CC[C@H]2[C@@H](C)C(CCOCCN(CCO)CCN(CCOCCC3O[C@@H]4OC5(C)CC[C@H]6[C@H](C)CC[C@@H]([C@H]3C)[C@@]46OO5)CCOCCC3O[C@@H]4OC5(C)CC[C@H]6[C@H](C)CC[C@@H]([C@H]3C)[C@@]46OO5)O[C@@H]3OC4(C)CC[C@@H]1[C@]32OO4. The van der Waals surface area contributed by atoms with Crippen LogP contribution in [-0.4, -0.2) is 172 Å². The Morgan fingerprint density at radius 2 is 0.696 bits per heavy atom. The van der Waals surface area contributed by atoms with Crippen molar-refractivity contribution in [2.75, 3.05) is 85.5 Å². The highest BCUT2D eigenvalue weighted by Gasteiger charge is 2.72. The van der Waals surface area contributed by atoms with Crippen molar-refractivity contribution in [1.82, 2.24) is 9.80 Å². The van der Waals surface area contributed by atoms with E-state index in [0.717, 1.165) is 103 Å². The average Bonchev–Trinajstić information content (AvgIpc) is 4.10. The molecular weight excluding hydrogens is 1020 g/mol. The second-order valence-electron chi connectivity index (χ2n) is 27.9. The molecule has 12 saturated heterocycles. The summed E-state index contributed by atoms with van der Waals surface area (Å²) >= 11 is 0. The normalized spacial score (nSPS) is 50.4. The zero-order valence-electron chi connectivity index (χ0n) is 49.7. The van der Waals surface area contributed by atoms with Gasteiger partial charge in [0.15, 0.2) is 35.7 Å². The van der Waals surface area contributed by atoms with E-state index in [2.05, 4.69) is 51.3 Å². The second-order valence-corrected chi connectivity index (χ2v) is 27.9. The predicted molar refractivity (Wildman–Crippen MR) is 287 cm³/mol. The lowest BCUT2D eigenvalue weighted by molar-refractivity contribution is -0.571. The topological polar surface area (TPSA) is 165 Å². The van der Waals surface area contributed by atoms with Gasteiger partial charge in [0.1, 0.15) is 0 Å². The van der Waals surface area contributed by atoms with E-state index in [9.17, 15) is 5.11 Å². The standard InChI is InChI=1S/C61H102N2O16/c1-38-10-13-47-41(4)50(68-53-59(47)44(38)16-22-56(7,71-53)74-77-59)19-32-65-35-28-62(27-31-64)25-26-63(29-36-66-33-20-51-42(5)48-14-11-39(2)45-17-23-57(8)72-54(69-51)60(45,48)78-75-57)30-37-67-34-21-52-43(6)49-15-12-40(3)46-18-24-58(9)73-55(70-52)61(46,49)79-76-58/h38-55,64H,10-37H2,1-9H3/t38-,39-,40-,41-,42-,43-,44+,45+,46+,47+,48+,49+,50?,51?,52?,53-,54-,55-,56?,57?,58?,59-,60-,61-/m1/s1. The second kappa shape index (κ2) is 23.5. The lowest BCUT2D eigenvalue weighted by Crippen LogP contribution is -2.70. The summed E-state index contributed by atoms with van der Waals surface area (Å²) < 4.78 is 59.9. The molecule has 3 saturated carbocycles. The van der Waals surface area contributed by atoms with Crippen molar-refractivity contribution in [3.63, 3.8) is 0 Å². The fraction of sp³-hybridized carbons (Fsp3) is 1.00. The zero-order chi connectivity index (χ0) is 55.0. The van der Waals surface area contributed by atoms with Gasteiger partial charge in [-0.2, -0.15) is 0 Å². The van der Waals surface area contributed by atoms with Crippen LogP contribution >= 0.6 is 0 Å². The van der Waals surface area contributed by atoms with Gasteiger partial charge in [-0.05, 0) is 151 Å². The van der Waals surface area contributed by atoms with Crippen LogP contribution < -0.4 is 0 Å². The molecule has 15 aliphatic rings. The molecule has 15 fully saturated rings. The van der Waals surface area contributed by atoms with E-state index in [-0.39, 0.29) is 42.7 Å². The Morgan fingerprint density at radius 3 is 1.01 bits per heavy atom. The lowest BCUT2D eigenvalue weighted by atomic mass is 9.57. The van der Waals surface area contributed by atoms with Gasteiger partial charge >= 0.3 is 0 Å². The van der Waals surface area contributed by atoms with E-state index in [1.54, 1.807) is 0 Å². The fourth-order valence-corrected chi connectivity index (χ4v) is 18.5. The minimum Gasteiger partial charge on any atom is -0.395 e. The van der Waals surface area contributed by atoms with Crippen molar-refractivity contribution in [2.24, 2.45) is 71.0 Å². The van der Waals surface area contributed by atoms with E-state index < -0.39 is 53.0 Å². The van der Waals surface area contributed by atoms with Crippen molar-refractivity contribution in [3.05, 3.63) is 0 Å². The Hall–Kier alpha value is -0.720. The van der Waals surface area contributed by atoms with Gasteiger partial charge in [0.05, 0.1) is 44.7 Å². The number of ether oxygens (including phenoxy) is 9. The van der Waals surface area contributed by atoms with E-state index in [1.807, 2.05) is 20.8 Å². The van der Waals surface area contributed by atoms with Gasteiger partial charge in [-0.25, -0.2) is 29.3 Å². The molecule has 452 valence electrons. The zero-order valence-corrected chi connectivity index (χ0v) is 49.7. The maximum Gasteiger partial charge on any atom is 0.201 e. The molecule has 0 aromatic rings. The van der Waals surface area contributed by atoms with Crippen molar-refractivity contribution in [3.8, 4) is 0 Å². The summed E-state index contributed by atoms with van der Waals surface area (Å²) in [5.41, 5.74) is -1.67. The molecule has 1 N–H and O–H groups in total. The van der Waals surface area contributed by atoms with Gasteiger partial charge in [-0.15, -0.1) is 0 Å². The van der Waals surface area contributed by atoms with Crippen molar-refractivity contribution < 1.29 is 77.1 Å². The third-order valence-electron chi connectivity index (χ3n) is 23.3. The maximum atomic E-state index is 10.2. The quantitative estimate of drug-likeness (QED) is 0.0763. The molecule has 12 heterocycles. The van der Waals surface area contributed by atoms with Crippen molar-refractivity contribution in [1.29, 1.82) is 0 Å². The van der Waals surface area contributed by atoms with Crippen LogP contribution in [-0.2, 0) is 72.0 Å². The molecule has 0 aromatic carbocycles. The molecule has 0 aromatic heterocycles. The molecule has 0 amide bonds. The minimum atomic E-state index is -0.787. The summed E-state index contributed by atoms with van der Waals surface area (Å²) in [7, 11) is 0. The van der Waals surface area contributed by atoms with E-state index in [1.165, 1.54) is 19.3 Å².